The van der Waals surface area contributed by atoms with Gasteiger partial charge in [-0.05, 0) is 48.4 Å². The molecular weight excluding hydrogens is 456 g/mol. The van der Waals surface area contributed by atoms with Crippen LogP contribution in [0.5, 0.6) is 5.75 Å². The molecule has 3 heterocycles. The van der Waals surface area contributed by atoms with Crippen molar-refractivity contribution in [3.05, 3.63) is 76.8 Å². The third kappa shape index (κ3) is 4.06. The van der Waals surface area contributed by atoms with Crippen molar-refractivity contribution in [1.29, 1.82) is 0 Å². The molecule has 0 bridgehead atoms. The van der Waals surface area contributed by atoms with Crippen LogP contribution in [0.1, 0.15) is 22.8 Å². The maximum atomic E-state index is 13.5. The smallest absolute Gasteiger partial charge is 0.337 e. The van der Waals surface area contributed by atoms with E-state index in [0.717, 1.165) is 36.3 Å². The molecule has 176 valence electrons. The van der Waals surface area contributed by atoms with Crippen LogP contribution in [0.2, 0.25) is 0 Å². The van der Waals surface area contributed by atoms with E-state index in [-0.39, 0.29) is 30.1 Å². The summed E-state index contributed by atoms with van der Waals surface area (Å²) in [5.74, 6) is 0.231. The number of pyridine rings is 1. The highest BCUT2D eigenvalue weighted by atomic mass is 35.5. The second-order valence-corrected chi connectivity index (χ2v) is 7.97. The third-order valence-electron chi connectivity index (χ3n) is 6.09. The van der Waals surface area contributed by atoms with Gasteiger partial charge in [0, 0.05) is 12.6 Å². The number of benzene rings is 2. The van der Waals surface area contributed by atoms with E-state index < -0.39 is 0 Å². The summed E-state index contributed by atoms with van der Waals surface area (Å²) >= 11 is 0. The van der Waals surface area contributed by atoms with Crippen molar-refractivity contribution in [2.24, 2.45) is 0 Å². The van der Waals surface area contributed by atoms with Gasteiger partial charge in [-0.3, -0.25) is 9.13 Å². The molecule has 8 nitrogen and oxygen atoms in total. The van der Waals surface area contributed by atoms with Gasteiger partial charge in [-0.25, -0.2) is 14.6 Å². The standard InChI is InChI=1S/C25H24N4O4.ClH/c1-32-21-13-22-23(27-15-21)29(20-11-12-26-14-20)25(31)28(22)19-9-7-17(8-10-19)16-3-5-18(6-4-16)24(30)33-2;/h3-10,13,15,20,26H,11-12,14H2,1-2H3;1H. The van der Waals surface area contributed by atoms with Gasteiger partial charge in [0.15, 0.2) is 5.65 Å². The number of hydrogen-bond donors (Lipinski definition) is 1. The lowest BCUT2D eigenvalue weighted by atomic mass is 10.0. The summed E-state index contributed by atoms with van der Waals surface area (Å²) in [6.45, 7) is 1.62. The summed E-state index contributed by atoms with van der Waals surface area (Å²) in [6, 6.07) is 16.9. The lowest BCUT2D eigenvalue weighted by molar-refractivity contribution is 0.0600. The van der Waals surface area contributed by atoms with Crippen LogP contribution in [0, 0.1) is 0 Å². The van der Waals surface area contributed by atoms with Gasteiger partial charge in [-0.2, -0.15) is 0 Å². The molecule has 34 heavy (non-hydrogen) atoms. The molecule has 0 amide bonds. The molecule has 1 unspecified atom stereocenters. The summed E-state index contributed by atoms with van der Waals surface area (Å²) in [7, 11) is 2.95. The van der Waals surface area contributed by atoms with Crippen LogP contribution in [0.4, 0.5) is 0 Å². The second kappa shape index (κ2) is 9.70. The first-order valence-corrected chi connectivity index (χ1v) is 10.8. The van der Waals surface area contributed by atoms with Crippen molar-refractivity contribution < 1.29 is 14.3 Å². The predicted molar refractivity (Wildman–Crippen MR) is 132 cm³/mol. The molecule has 2 aromatic heterocycles. The molecule has 1 aliphatic rings. The largest absolute Gasteiger partial charge is 0.495 e. The topological polar surface area (TPSA) is 87.4 Å². The molecule has 1 N–H and O–H groups in total. The number of imidazole rings is 1. The number of methoxy groups -OCH3 is 2. The van der Waals surface area contributed by atoms with Crippen LogP contribution >= 0.6 is 12.4 Å². The fourth-order valence-electron chi connectivity index (χ4n) is 4.35. The highest BCUT2D eigenvalue weighted by molar-refractivity contribution is 5.90. The lowest BCUT2D eigenvalue weighted by Gasteiger charge is -2.09. The lowest BCUT2D eigenvalue weighted by Crippen LogP contribution is -2.28. The number of halogens is 1. The van der Waals surface area contributed by atoms with Crippen molar-refractivity contribution in [2.75, 3.05) is 27.3 Å². The quantitative estimate of drug-likeness (QED) is 0.439. The van der Waals surface area contributed by atoms with Gasteiger partial charge in [-0.15, -0.1) is 12.4 Å². The number of ether oxygens (including phenoxy) is 2. The number of nitrogens with zero attached hydrogens (tertiary/aromatic N) is 3. The molecule has 9 heteroatoms. The molecule has 0 saturated carbocycles. The van der Waals surface area contributed by atoms with Gasteiger partial charge in [0.1, 0.15) is 5.75 Å². The average Bonchev–Trinajstić information content (AvgIpc) is 3.48. The summed E-state index contributed by atoms with van der Waals surface area (Å²) in [5, 5.41) is 3.32. The van der Waals surface area contributed by atoms with Crippen molar-refractivity contribution >= 4 is 29.5 Å². The van der Waals surface area contributed by atoms with Gasteiger partial charge in [0.2, 0.25) is 0 Å². The number of nitrogens with one attached hydrogen (secondary N) is 1. The number of fused-ring (bicyclic) bond motifs is 1. The van der Waals surface area contributed by atoms with E-state index in [1.54, 1.807) is 34.6 Å². The molecule has 1 atom stereocenters. The third-order valence-corrected chi connectivity index (χ3v) is 6.09. The van der Waals surface area contributed by atoms with E-state index >= 15 is 0 Å². The zero-order valence-corrected chi connectivity index (χ0v) is 19.7. The first-order valence-electron chi connectivity index (χ1n) is 10.8. The summed E-state index contributed by atoms with van der Waals surface area (Å²) in [5.41, 5.74) is 4.43. The van der Waals surface area contributed by atoms with Crippen LogP contribution < -0.4 is 15.7 Å². The van der Waals surface area contributed by atoms with Crippen molar-refractivity contribution in [3.8, 4) is 22.6 Å². The van der Waals surface area contributed by atoms with E-state index in [0.29, 0.717) is 22.5 Å². The molecule has 1 fully saturated rings. The molecule has 1 saturated heterocycles. The molecular formula is C25H25ClN4O4. The Bertz CT molecular complexity index is 1370. The summed E-state index contributed by atoms with van der Waals surface area (Å²) in [4.78, 5) is 29.8. The Labute approximate surface area is 202 Å². The normalized spacial score (nSPS) is 15.2. The average molecular weight is 481 g/mol. The Morgan fingerprint density at radius 3 is 2.32 bits per heavy atom. The molecule has 0 spiro atoms. The minimum atomic E-state index is -0.367. The number of carbonyl (C=O) groups is 1. The first kappa shape index (κ1) is 23.5. The Hall–Kier alpha value is -3.62. The minimum Gasteiger partial charge on any atom is -0.495 e. The number of rotatable bonds is 5. The Kier molecular flexibility index (Phi) is 6.72. The predicted octanol–water partition coefficient (Wildman–Crippen LogP) is 3.61. The molecule has 0 radical (unpaired) electrons. The van der Waals surface area contributed by atoms with Crippen LogP contribution in [0.3, 0.4) is 0 Å². The highest BCUT2D eigenvalue weighted by Gasteiger charge is 2.25. The maximum Gasteiger partial charge on any atom is 0.337 e. The van der Waals surface area contributed by atoms with Gasteiger partial charge in [-0.1, -0.05) is 24.3 Å². The molecule has 1 aliphatic heterocycles. The van der Waals surface area contributed by atoms with Gasteiger partial charge in [0.05, 0.1) is 43.2 Å². The first-order chi connectivity index (χ1) is 16.1. The van der Waals surface area contributed by atoms with Crippen molar-refractivity contribution in [1.82, 2.24) is 19.4 Å². The SMILES string of the molecule is COC(=O)c1ccc(-c2ccc(-n3c(=O)n(C4CCNC4)c4ncc(OC)cc43)cc2)cc1.Cl. The van der Waals surface area contributed by atoms with Crippen LogP contribution in [0.25, 0.3) is 28.0 Å². The number of carbonyl (C=O) groups excluding carboxylic acids is 1. The van der Waals surface area contributed by atoms with Crippen molar-refractivity contribution in [2.45, 2.75) is 12.5 Å². The number of hydrogen-bond acceptors (Lipinski definition) is 6. The fraction of sp³-hybridized carbons (Fsp3) is 0.240. The molecule has 5 rings (SSSR count). The Morgan fingerprint density at radius 1 is 1.06 bits per heavy atom. The van der Waals surface area contributed by atoms with Crippen LogP contribution in [0.15, 0.2) is 65.6 Å². The number of esters is 1. The van der Waals surface area contributed by atoms with E-state index in [4.69, 9.17) is 9.47 Å². The van der Waals surface area contributed by atoms with E-state index in [1.807, 2.05) is 42.5 Å². The van der Waals surface area contributed by atoms with Crippen LogP contribution in [-0.2, 0) is 4.74 Å². The van der Waals surface area contributed by atoms with E-state index in [9.17, 15) is 9.59 Å². The van der Waals surface area contributed by atoms with Crippen LogP contribution in [-0.4, -0.2) is 47.4 Å². The number of aromatic nitrogens is 3. The molecule has 2 aromatic carbocycles. The molecule has 0 aliphatic carbocycles. The Balaban J connectivity index is 0.00000274. The van der Waals surface area contributed by atoms with E-state index in [2.05, 4.69) is 10.3 Å². The highest BCUT2D eigenvalue weighted by Crippen LogP contribution is 2.27. The van der Waals surface area contributed by atoms with Gasteiger partial charge in [0.25, 0.3) is 0 Å². The maximum absolute atomic E-state index is 13.5. The van der Waals surface area contributed by atoms with Gasteiger partial charge < -0.3 is 14.8 Å². The molecule has 4 aromatic rings. The summed E-state index contributed by atoms with van der Waals surface area (Å²) in [6.07, 6.45) is 2.53. The summed E-state index contributed by atoms with van der Waals surface area (Å²) < 4.78 is 13.6. The zero-order chi connectivity index (χ0) is 22.9. The minimum absolute atomic E-state index is 0. The Morgan fingerprint density at radius 2 is 1.74 bits per heavy atom. The monoisotopic (exact) mass is 480 g/mol. The zero-order valence-electron chi connectivity index (χ0n) is 18.9. The van der Waals surface area contributed by atoms with Crippen molar-refractivity contribution in [3.63, 3.8) is 0 Å². The van der Waals surface area contributed by atoms with Gasteiger partial charge >= 0.3 is 11.7 Å². The second-order valence-electron chi connectivity index (χ2n) is 7.97. The fourth-order valence-corrected chi connectivity index (χ4v) is 4.35. The van der Waals surface area contributed by atoms with E-state index in [1.165, 1.54) is 7.11 Å².